The smallest absolute Gasteiger partial charge is 0.328 e. The third-order valence-corrected chi connectivity index (χ3v) is 4.95. The average Bonchev–Trinajstić information content (AvgIpc) is 3.11. The first kappa shape index (κ1) is 19.6. The summed E-state index contributed by atoms with van der Waals surface area (Å²) in [5.41, 5.74) is 2.63. The van der Waals surface area contributed by atoms with E-state index in [2.05, 4.69) is 10.3 Å². The maximum Gasteiger partial charge on any atom is 0.328 e. The van der Waals surface area contributed by atoms with Crippen LogP contribution in [0.5, 0.6) is 0 Å². The first-order valence-corrected chi connectivity index (χ1v) is 9.51. The number of hydrogen-bond acceptors (Lipinski definition) is 4. The summed E-state index contributed by atoms with van der Waals surface area (Å²) in [6, 6.07) is 12.2. The Morgan fingerprint density at radius 1 is 1.13 bits per heavy atom. The Kier molecular flexibility index (Phi) is 5.20. The molecule has 0 bridgehead atoms. The minimum Gasteiger partial charge on any atom is -0.478 e. The number of halogens is 1. The van der Waals surface area contributed by atoms with E-state index >= 15 is 0 Å². The Labute approximate surface area is 175 Å². The Balaban J connectivity index is 1.71. The van der Waals surface area contributed by atoms with Crippen molar-refractivity contribution in [2.45, 2.75) is 13.0 Å². The zero-order chi connectivity index (χ0) is 21.3. The number of aromatic nitrogens is 2. The molecule has 3 aromatic rings. The fourth-order valence-electron chi connectivity index (χ4n) is 3.32. The van der Waals surface area contributed by atoms with Crippen molar-refractivity contribution in [3.8, 4) is 0 Å². The van der Waals surface area contributed by atoms with Gasteiger partial charge in [0.15, 0.2) is 0 Å². The normalized spacial score (nSPS) is 14.4. The number of nitrogens with one attached hydrogen (secondary N) is 1. The maximum atomic E-state index is 12.9. The zero-order valence-corrected chi connectivity index (χ0v) is 16.4. The molecule has 0 saturated heterocycles. The molecule has 0 aliphatic carbocycles. The van der Waals surface area contributed by atoms with Crippen molar-refractivity contribution in [1.82, 2.24) is 9.55 Å². The SMILES string of the molecule is O=C(O)/C=C\C(=O)Nc1ccc2c(=O)n3c(nc2c1)C(=Cc1ccc(Cl)cc1)CC3. The van der Waals surface area contributed by atoms with Crippen molar-refractivity contribution < 1.29 is 14.7 Å². The Bertz CT molecular complexity index is 1290. The predicted molar refractivity (Wildman–Crippen MR) is 115 cm³/mol. The van der Waals surface area contributed by atoms with Gasteiger partial charge >= 0.3 is 5.97 Å². The largest absolute Gasteiger partial charge is 0.478 e. The van der Waals surface area contributed by atoms with Crippen LogP contribution in [0.4, 0.5) is 5.69 Å². The van der Waals surface area contributed by atoms with E-state index in [-0.39, 0.29) is 5.56 Å². The lowest BCUT2D eigenvalue weighted by Gasteiger charge is -2.08. The van der Waals surface area contributed by atoms with Gasteiger partial charge in [0.05, 0.1) is 10.9 Å². The number of benzene rings is 2. The minimum atomic E-state index is -1.21. The van der Waals surface area contributed by atoms with E-state index in [0.717, 1.165) is 23.3 Å². The Hall–Kier alpha value is -3.71. The highest BCUT2D eigenvalue weighted by atomic mass is 35.5. The van der Waals surface area contributed by atoms with E-state index in [0.29, 0.717) is 40.4 Å². The number of fused-ring (bicyclic) bond motifs is 2. The third-order valence-electron chi connectivity index (χ3n) is 4.70. The van der Waals surface area contributed by atoms with Crippen LogP contribution in [-0.2, 0) is 16.1 Å². The lowest BCUT2D eigenvalue weighted by Crippen LogP contribution is -2.21. The summed E-state index contributed by atoms with van der Waals surface area (Å²) in [5.74, 6) is -1.21. The van der Waals surface area contributed by atoms with Gasteiger partial charge in [-0.1, -0.05) is 23.7 Å². The molecule has 0 unspecified atom stereocenters. The number of carboxylic acids is 1. The third kappa shape index (κ3) is 4.01. The van der Waals surface area contributed by atoms with Crippen molar-refractivity contribution in [2.24, 2.45) is 0 Å². The molecule has 1 aliphatic heterocycles. The van der Waals surface area contributed by atoms with Crippen LogP contribution in [0.3, 0.4) is 0 Å². The fraction of sp³-hybridized carbons (Fsp3) is 0.0909. The number of rotatable bonds is 4. The van der Waals surface area contributed by atoms with Crippen LogP contribution in [0.15, 0.2) is 59.4 Å². The number of nitrogens with zero attached hydrogens (tertiary/aromatic N) is 2. The van der Waals surface area contributed by atoms with Crippen molar-refractivity contribution in [1.29, 1.82) is 0 Å². The molecule has 1 amide bonds. The number of carbonyl (C=O) groups is 2. The number of anilines is 1. The van der Waals surface area contributed by atoms with Gasteiger partial charge in [-0.3, -0.25) is 14.2 Å². The highest BCUT2D eigenvalue weighted by molar-refractivity contribution is 6.30. The summed E-state index contributed by atoms with van der Waals surface area (Å²) in [4.78, 5) is 39.9. The van der Waals surface area contributed by atoms with Crippen molar-refractivity contribution >= 4 is 51.7 Å². The van der Waals surface area contributed by atoms with Gasteiger partial charge in [-0.2, -0.15) is 0 Å². The Morgan fingerprint density at radius 3 is 2.63 bits per heavy atom. The van der Waals surface area contributed by atoms with Gasteiger partial charge < -0.3 is 10.4 Å². The number of allylic oxidation sites excluding steroid dienone is 1. The molecule has 150 valence electrons. The summed E-state index contributed by atoms with van der Waals surface area (Å²) in [7, 11) is 0. The second kappa shape index (κ2) is 7.96. The minimum absolute atomic E-state index is 0.141. The van der Waals surface area contributed by atoms with Gasteiger partial charge in [-0.05, 0) is 54.0 Å². The monoisotopic (exact) mass is 421 g/mol. The molecule has 8 heteroatoms. The zero-order valence-electron chi connectivity index (χ0n) is 15.6. The average molecular weight is 422 g/mol. The molecule has 30 heavy (non-hydrogen) atoms. The predicted octanol–water partition coefficient (Wildman–Crippen LogP) is 3.57. The molecule has 2 heterocycles. The summed E-state index contributed by atoms with van der Waals surface area (Å²) < 4.78 is 1.65. The van der Waals surface area contributed by atoms with Crippen molar-refractivity contribution in [3.63, 3.8) is 0 Å². The molecule has 7 nitrogen and oxygen atoms in total. The highest BCUT2D eigenvalue weighted by Crippen LogP contribution is 2.28. The molecule has 1 aromatic heterocycles. The number of amides is 1. The fourth-order valence-corrected chi connectivity index (χ4v) is 3.45. The standard InChI is InChI=1S/C22H16ClN3O4/c23-15-3-1-13(2-4-15)11-14-9-10-26-21(14)25-18-12-16(5-6-17(18)22(26)30)24-19(27)7-8-20(28)29/h1-8,11-12H,9-10H2,(H,24,27)(H,28,29)/b8-7-,14-11?. The molecule has 2 N–H and O–H groups in total. The van der Waals surface area contributed by atoms with Crippen molar-refractivity contribution in [3.05, 3.63) is 81.4 Å². The quantitative estimate of drug-likeness (QED) is 0.627. The van der Waals surface area contributed by atoms with Crippen LogP contribution in [0.2, 0.25) is 5.02 Å². The van der Waals surface area contributed by atoms with Gasteiger partial charge in [0.25, 0.3) is 5.56 Å². The highest BCUT2D eigenvalue weighted by Gasteiger charge is 2.21. The maximum absolute atomic E-state index is 12.9. The molecule has 0 fully saturated rings. The van der Waals surface area contributed by atoms with Crippen LogP contribution in [0, 0.1) is 0 Å². The second-order valence-electron chi connectivity index (χ2n) is 6.76. The number of carbonyl (C=O) groups excluding carboxylic acids is 1. The van der Waals surface area contributed by atoms with Gasteiger partial charge in [-0.25, -0.2) is 9.78 Å². The summed E-state index contributed by atoms with van der Waals surface area (Å²) in [5, 5.41) is 12.3. The molecule has 0 saturated carbocycles. The van der Waals surface area contributed by atoms with Gasteiger partial charge in [-0.15, -0.1) is 0 Å². The summed E-state index contributed by atoms with van der Waals surface area (Å²) >= 11 is 5.94. The van der Waals surface area contributed by atoms with E-state index in [1.165, 1.54) is 0 Å². The number of carboxylic acid groups (broad SMARTS) is 1. The van der Waals surface area contributed by atoms with E-state index in [4.69, 9.17) is 16.7 Å². The molecular formula is C22H16ClN3O4. The van der Waals surface area contributed by atoms with Gasteiger partial charge in [0.1, 0.15) is 5.82 Å². The lowest BCUT2D eigenvalue weighted by atomic mass is 10.1. The first-order chi connectivity index (χ1) is 14.4. The molecule has 2 aromatic carbocycles. The summed E-state index contributed by atoms with van der Waals surface area (Å²) in [6.45, 7) is 0.551. The number of hydrogen-bond donors (Lipinski definition) is 2. The molecule has 0 spiro atoms. The first-order valence-electron chi connectivity index (χ1n) is 9.14. The van der Waals surface area contributed by atoms with Gasteiger partial charge in [0.2, 0.25) is 5.91 Å². The van der Waals surface area contributed by atoms with Crippen LogP contribution in [-0.4, -0.2) is 26.5 Å². The molecule has 0 atom stereocenters. The topological polar surface area (TPSA) is 101 Å². The molecular weight excluding hydrogens is 406 g/mol. The van der Waals surface area contributed by atoms with E-state index in [9.17, 15) is 14.4 Å². The van der Waals surface area contributed by atoms with E-state index < -0.39 is 11.9 Å². The van der Waals surface area contributed by atoms with Gasteiger partial charge in [0, 0.05) is 29.4 Å². The molecule has 4 rings (SSSR count). The lowest BCUT2D eigenvalue weighted by molar-refractivity contribution is -0.131. The van der Waals surface area contributed by atoms with Crippen LogP contribution < -0.4 is 10.9 Å². The molecule has 1 aliphatic rings. The van der Waals surface area contributed by atoms with Crippen LogP contribution in [0.1, 0.15) is 17.8 Å². The number of aliphatic carboxylic acids is 1. The second-order valence-corrected chi connectivity index (χ2v) is 7.19. The van der Waals surface area contributed by atoms with Crippen LogP contribution in [0.25, 0.3) is 22.6 Å². The van der Waals surface area contributed by atoms with Crippen LogP contribution >= 0.6 is 11.6 Å². The molecule has 0 radical (unpaired) electrons. The van der Waals surface area contributed by atoms with E-state index in [1.54, 1.807) is 34.9 Å². The Morgan fingerprint density at radius 2 is 1.90 bits per heavy atom. The van der Waals surface area contributed by atoms with Crippen molar-refractivity contribution in [2.75, 3.05) is 5.32 Å². The van der Waals surface area contributed by atoms with E-state index in [1.807, 2.05) is 18.2 Å². The summed E-state index contributed by atoms with van der Waals surface area (Å²) in [6.07, 6.45) is 4.34.